The Morgan fingerprint density at radius 3 is 3.06 bits per heavy atom. The first-order chi connectivity index (χ1) is 8.20. The number of furan rings is 1. The van der Waals surface area contributed by atoms with Crippen LogP contribution in [0.25, 0.3) is 11.0 Å². The molecule has 2 rings (SSSR count). The van der Waals surface area contributed by atoms with Crippen molar-refractivity contribution in [2.75, 3.05) is 12.3 Å². The van der Waals surface area contributed by atoms with Crippen LogP contribution < -0.4 is 11.1 Å². The molecule has 4 nitrogen and oxygen atoms in total. The number of hydrogen-bond donors (Lipinski definition) is 2. The normalized spacial score (nSPS) is 10.1. The summed E-state index contributed by atoms with van der Waals surface area (Å²) < 4.78 is 5.40. The highest BCUT2D eigenvalue weighted by atomic mass is 16.3. The van der Waals surface area contributed by atoms with Gasteiger partial charge in [0.2, 0.25) is 0 Å². The number of carbonyl (C=O) groups is 1. The van der Waals surface area contributed by atoms with Gasteiger partial charge in [-0.3, -0.25) is 4.79 Å². The summed E-state index contributed by atoms with van der Waals surface area (Å²) in [4.78, 5) is 11.7. The van der Waals surface area contributed by atoms with Gasteiger partial charge < -0.3 is 15.5 Å². The number of hydrogen-bond acceptors (Lipinski definition) is 3. The van der Waals surface area contributed by atoms with Gasteiger partial charge in [0.1, 0.15) is 5.58 Å². The Morgan fingerprint density at radius 1 is 1.47 bits per heavy atom. The van der Waals surface area contributed by atoms with Gasteiger partial charge in [0.25, 0.3) is 5.91 Å². The molecule has 86 valence electrons. The van der Waals surface area contributed by atoms with E-state index in [0.29, 0.717) is 24.2 Å². The lowest BCUT2D eigenvalue weighted by molar-refractivity contribution is 0.0929. The van der Waals surface area contributed by atoms with Crippen molar-refractivity contribution in [3.05, 3.63) is 30.0 Å². The SMILES string of the molecule is C#CCCNC(=O)c1cc2cc(N)ccc2o1. The van der Waals surface area contributed by atoms with Gasteiger partial charge in [0.15, 0.2) is 5.76 Å². The second-order valence-corrected chi connectivity index (χ2v) is 3.62. The average Bonchev–Trinajstić information content (AvgIpc) is 2.72. The van der Waals surface area contributed by atoms with Crippen LogP contribution in [0.2, 0.25) is 0 Å². The van der Waals surface area contributed by atoms with Crippen LogP contribution in [0.1, 0.15) is 17.0 Å². The van der Waals surface area contributed by atoms with Crippen molar-refractivity contribution in [3.63, 3.8) is 0 Å². The highest BCUT2D eigenvalue weighted by molar-refractivity contribution is 5.96. The molecule has 1 aromatic heterocycles. The van der Waals surface area contributed by atoms with Gasteiger partial charge in [-0.2, -0.15) is 0 Å². The van der Waals surface area contributed by atoms with Crippen LogP contribution in [0, 0.1) is 12.3 Å². The Kier molecular flexibility index (Phi) is 3.01. The van der Waals surface area contributed by atoms with Crippen LogP contribution in [-0.4, -0.2) is 12.5 Å². The Labute approximate surface area is 98.8 Å². The van der Waals surface area contributed by atoms with Crippen LogP contribution >= 0.6 is 0 Å². The number of carbonyl (C=O) groups excluding carboxylic acids is 1. The first kappa shape index (κ1) is 11.1. The van der Waals surface area contributed by atoms with Gasteiger partial charge in [-0.05, 0) is 24.3 Å². The number of benzene rings is 1. The van der Waals surface area contributed by atoms with E-state index in [0.717, 1.165) is 5.39 Å². The molecule has 0 atom stereocenters. The molecule has 4 heteroatoms. The number of nitrogen functional groups attached to an aromatic ring is 1. The van der Waals surface area contributed by atoms with Crippen molar-refractivity contribution in [2.45, 2.75) is 6.42 Å². The van der Waals surface area contributed by atoms with E-state index in [-0.39, 0.29) is 11.7 Å². The van der Waals surface area contributed by atoms with Crippen molar-refractivity contribution in [1.29, 1.82) is 0 Å². The fourth-order valence-corrected chi connectivity index (χ4v) is 1.51. The molecular weight excluding hydrogens is 216 g/mol. The van der Waals surface area contributed by atoms with Crippen LogP contribution in [-0.2, 0) is 0 Å². The zero-order valence-electron chi connectivity index (χ0n) is 9.19. The monoisotopic (exact) mass is 228 g/mol. The molecule has 1 aromatic carbocycles. The van der Waals surface area contributed by atoms with E-state index < -0.39 is 0 Å². The lowest BCUT2D eigenvalue weighted by atomic mass is 10.2. The molecule has 0 radical (unpaired) electrons. The Hall–Kier alpha value is -2.41. The van der Waals surface area contributed by atoms with Crippen molar-refractivity contribution < 1.29 is 9.21 Å². The highest BCUT2D eigenvalue weighted by Crippen LogP contribution is 2.21. The minimum Gasteiger partial charge on any atom is -0.451 e. The number of amides is 1. The number of nitrogens with two attached hydrogens (primary N) is 1. The zero-order valence-corrected chi connectivity index (χ0v) is 9.19. The molecule has 0 unspecified atom stereocenters. The molecule has 0 spiro atoms. The van der Waals surface area contributed by atoms with Crippen LogP contribution in [0.5, 0.6) is 0 Å². The van der Waals surface area contributed by atoms with Crippen LogP contribution in [0.15, 0.2) is 28.7 Å². The minimum atomic E-state index is -0.268. The van der Waals surface area contributed by atoms with E-state index in [1.165, 1.54) is 0 Å². The fourth-order valence-electron chi connectivity index (χ4n) is 1.51. The maximum absolute atomic E-state index is 11.7. The van der Waals surface area contributed by atoms with Crippen LogP contribution in [0.4, 0.5) is 5.69 Å². The minimum absolute atomic E-state index is 0.266. The first-order valence-electron chi connectivity index (χ1n) is 5.21. The van der Waals surface area contributed by atoms with Gasteiger partial charge in [-0.1, -0.05) is 0 Å². The number of fused-ring (bicyclic) bond motifs is 1. The summed E-state index contributed by atoms with van der Waals surface area (Å²) in [6, 6.07) is 6.89. The van der Waals surface area contributed by atoms with E-state index in [9.17, 15) is 4.79 Å². The van der Waals surface area contributed by atoms with Crippen molar-refractivity contribution in [2.24, 2.45) is 0 Å². The molecule has 1 heterocycles. The van der Waals surface area contributed by atoms with E-state index in [2.05, 4.69) is 11.2 Å². The second-order valence-electron chi connectivity index (χ2n) is 3.62. The summed E-state index contributed by atoms with van der Waals surface area (Å²) in [5.41, 5.74) is 6.92. The lowest BCUT2D eigenvalue weighted by Gasteiger charge is -1.98. The molecule has 0 saturated heterocycles. The molecule has 0 aliphatic heterocycles. The third-order valence-corrected chi connectivity index (χ3v) is 2.32. The predicted molar refractivity (Wildman–Crippen MR) is 66.4 cm³/mol. The van der Waals surface area contributed by atoms with E-state index in [1.807, 2.05) is 0 Å². The van der Waals surface area contributed by atoms with Crippen molar-refractivity contribution in [1.82, 2.24) is 5.32 Å². The fraction of sp³-hybridized carbons (Fsp3) is 0.154. The maximum atomic E-state index is 11.7. The molecule has 0 fully saturated rings. The summed E-state index contributed by atoms with van der Waals surface area (Å²) in [6.45, 7) is 0.439. The topological polar surface area (TPSA) is 68.3 Å². The Balaban J connectivity index is 2.19. The lowest BCUT2D eigenvalue weighted by Crippen LogP contribution is -2.23. The summed E-state index contributed by atoms with van der Waals surface area (Å²) in [5.74, 6) is 2.44. The smallest absolute Gasteiger partial charge is 0.287 e. The van der Waals surface area contributed by atoms with E-state index in [4.69, 9.17) is 16.6 Å². The highest BCUT2D eigenvalue weighted by Gasteiger charge is 2.11. The van der Waals surface area contributed by atoms with Crippen molar-refractivity contribution >= 4 is 22.6 Å². The number of rotatable bonds is 3. The quantitative estimate of drug-likeness (QED) is 0.478. The first-order valence-corrected chi connectivity index (χ1v) is 5.21. The standard InChI is InChI=1S/C13H12N2O2/c1-2-3-6-15-13(16)12-8-9-7-10(14)4-5-11(9)17-12/h1,4-5,7-8H,3,6,14H2,(H,15,16). The largest absolute Gasteiger partial charge is 0.451 e. The molecule has 3 N–H and O–H groups in total. The summed E-state index contributed by atoms with van der Waals surface area (Å²) in [6.07, 6.45) is 5.59. The summed E-state index contributed by atoms with van der Waals surface area (Å²) in [5, 5.41) is 3.48. The summed E-state index contributed by atoms with van der Waals surface area (Å²) in [7, 11) is 0. The molecule has 0 aliphatic carbocycles. The van der Waals surface area contributed by atoms with Gasteiger partial charge in [-0.25, -0.2) is 0 Å². The van der Waals surface area contributed by atoms with E-state index >= 15 is 0 Å². The summed E-state index contributed by atoms with van der Waals surface area (Å²) >= 11 is 0. The molecule has 0 saturated carbocycles. The molecule has 17 heavy (non-hydrogen) atoms. The molecular formula is C13H12N2O2. The average molecular weight is 228 g/mol. The van der Waals surface area contributed by atoms with Gasteiger partial charge in [0, 0.05) is 24.0 Å². The van der Waals surface area contributed by atoms with Crippen LogP contribution in [0.3, 0.4) is 0 Å². The predicted octanol–water partition coefficient (Wildman–Crippen LogP) is 1.77. The molecule has 2 aromatic rings. The third kappa shape index (κ3) is 2.40. The van der Waals surface area contributed by atoms with E-state index in [1.54, 1.807) is 24.3 Å². The third-order valence-electron chi connectivity index (χ3n) is 2.32. The van der Waals surface area contributed by atoms with Gasteiger partial charge >= 0.3 is 0 Å². The van der Waals surface area contributed by atoms with Gasteiger partial charge in [0.05, 0.1) is 0 Å². The second kappa shape index (κ2) is 4.62. The Bertz CT molecular complexity index is 593. The molecule has 1 amide bonds. The number of nitrogens with one attached hydrogen (secondary N) is 1. The maximum Gasteiger partial charge on any atom is 0.287 e. The number of terminal acetylenes is 1. The zero-order chi connectivity index (χ0) is 12.3. The van der Waals surface area contributed by atoms with Crippen molar-refractivity contribution in [3.8, 4) is 12.3 Å². The Morgan fingerprint density at radius 2 is 2.29 bits per heavy atom. The van der Waals surface area contributed by atoms with Gasteiger partial charge in [-0.15, -0.1) is 12.3 Å². The molecule has 0 bridgehead atoms. The molecule has 0 aliphatic rings. The number of anilines is 1.